The topological polar surface area (TPSA) is 12.0 Å². The highest BCUT2D eigenvalue weighted by atomic mass is 35.5. The van der Waals surface area contributed by atoms with Crippen LogP contribution in [0.4, 0.5) is 5.69 Å². The lowest BCUT2D eigenvalue weighted by Gasteiger charge is -2.17. The van der Waals surface area contributed by atoms with Crippen molar-refractivity contribution in [2.75, 3.05) is 5.32 Å². The molecule has 0 amide bonds. The lowest BCUT2D eigenvalue weighted by atomic mass is 10.1. The fourth-order valence-corrected chi connectivity index (χ4v) is 4.22. The van der Waals surface area contributed by atoms with Crippen molar-refractivity contribution in [3.05, 3.63) is 73.6 Å². The molecule has 2 aromatic heterocycles. The number of aryl methyl sites for hydroxylation is 1. The van der Waals surface area contributed by atoms with E-state index in [4.69, 9.17) is 11.6 Å². The van der Waals surface area contributed by atoms with Gasteiger partial charge in [-0.15, -0.1) is 22.7 Å². The number of hydrogen-bond acceptors (Lipinski definition) is 3. The highest BCUT2D eigenvalue weighted by molar-refractivity contribution is 7.16. The average Bonchev–Trinajstić information content (AvgIpc) is 3.17. The number of anilines is 1. The first kappa shape index (κ1) is 14.6. The standard InChI is InChI=1S/C17H16ClNS2/c1-2-12-5-7-13(8-6-12)19-17(14-4-3-11-20-14)15-9-10-16(18)21-15/h3-11,17,19H,2H2,1H3. The molecule has 1 N–H and O–H groups in total. The van der Waals surface area contributed by atoms with Gasteiger partial charge in [0.1, 0.15) is 0 Å². The number of rotatable bonds is 5. The maximum Gasteiger partial charge on any atom is 0.0954 e. The fourth-order valence-electron chi connectivity index (χ4n) is 2.22. The van der Waals surface area contributed by atoms with Crippen LogP contribution in [-0.2, 0) is 6.42 Å². The van der Waals surface area contributed by atoms with Crippen molar-refractivity contribution in [2.45, 2.75) is 19.4 Å². The Morgan fingerprint density at radius 2 is 1.86 bits per heavy atom. The zero-order chi connectivity index (χ0) is 14.7. The molecule has 4 heteroatoms. The van der Waals surface area contributed by atoms with Gasteiger partial charge >= 0.3 is 0 Å². The second kappa shape index (κ2) is 6.65. The molecule has 1 aromatic carbocycles. The summed E-state index contributed by atoms with van der Waals surface area (Å²) in [5, 5.41) is 5.74. The lowest BCUT2D eigenvalue weighted by molar-refractivity contribution is 0.991. The molecule has 0 saturated carbocycles. The summed E-state index contributed by atoms with van der Waals surface area (Å²) in [5.41, 5.74) is 2.49. The number of nitrogens with one attached hydrogen (secondary N) is 1. The minimum Gasteiger partial charge on any atom is -0.373 e. The zero-order valence-corrected chi connectivity index (χ0v) is 14.1. The molecule has 21 heavy (non-hydrogen) atoms. The van der Waals surface area contributed by atoms with Crippen molar-refractivity contribution >= 4 is 40.0 Å². The van der Waals surface area contributed by atoms with E-state index < -0.39 is 0 Å². The third-order valence-corrected chi connectivity index (χ3v) is 5.61. The first-order valence-corrected chi connectivity index (χ1v) is 8.98. The Kier molecular flexibility index (Phi) is 4.63. The maximum absolute atomic E-state index is 6.10. The van der Waals surface area contributed by atoms with Crippen molar-refractivity contribution < 1.29 is 0 Å². The first-order valence-electron chi connectivity index (χ1n) is 6.90. The molecule has 0 aliphatic heterocycles. The van der Waals surface area contributed by atoms with E-state index in [1.165, 1.54) is 15.3 Å². The third kappa shape index (κ3) is 3.49. The highest BCUT2D eigenvalue weighted by Crippen LogP contribution is 2.35. The summed E-state index contributed by atoms with van der Waals surface area (Å²) >= 11 is 9.50. The van der Waals surface area contributed by atoms with Gasteiger partial charge in [0.05, 0.1) is 10.4 Å². The maximum atomic E-state index is 6.10. The fraction of sp³-hybridized carbons (Fsp3) is 0.176. The van der Waals surface area contributed by atoms with Gasteiger partial charge in [-0.1, -0.05) is 36.7 Å². The summed E-state index contributed by atoms with van der Waals surface area (Å²) < 4.78 is 0.828. The van der Waals surface area contributed by atoms with Crippen molar-refractivity contribution in [1.82, 2.24) is 0 Å². The highest BCUT2D eigenvalue weighted by Gasteiger charge is 2.17. The van der Waals surface area contributed by atoms with Gasteiger partial charge < -0.3 is 5.32 Å². The number of halogens is 1. The molecular weight excluding hydrogens is 318 g/mol. The average molecular weight is 334 g/mol. The van der Waals surface area contributed by atoms with Crippen LogP contribution in [0.25, 0.3) is 0 Å². The molecule has 0 aliphatic rings. The van der Waals surface area contributed by atoms with Crippen LogP contribution >= 0.6 is 34.3 Å². The number of benzene rings is 1. The molecule has 0 spiro atoms. The van der Waals surface area contributed by atoms with Crippen molar-refractivity contribution in [1.29, 1.82) is 0 Å². The number of thiophene rings is 2. The normalized spacial score (nSPS) is 12.3. The number of hydrogen-bond donors (Lipinski definition) is 1. The molecule has 0 fully saturated rings. The van der Waals surface area contributed by atoms with Gasteiger partial charge in [0, 0.05) is 15.4 Å². The van der Waals surface area contributed by atoms with Crippen LogP contribution in [0.1, 0.15) is 28.3 Å². The van der Waals surface area contributed by atoms with Gasteiger partial charge in [0.15, 0.2) is 0 Å². The molecule has 3 aromatic rings. The second-order valence-electron chi connectivity index (χ2n) is 4.79. The van der Waals surface area contributed by atoms with E-state index in [-0.39, 0.29) is 6.04 Å². The molecule has 3 rings (SSSR count). The predicted octanol–water partition coefficient (Wildman–Crippen LogP) is 6.23. The van der Waals surface area contributed by atoms with Gasteiger partial charge in [0.25, 0.3) is 0 Å². The minimum atomic E-state index is 0.162. The van der Waals surface area contributed by atoms with Gasteiger partial charge in [-0.25, -0.2) is 0 Å². The van der Waals surface area contributed by atoms with Crippen LogP contribution in [0.3, 0.4) is 0 Å². The summed E-state index contributed by atoms with van der Waals surface area (Å²) in [6.07, 6.45) is 1.06. The first-order chi connectivity index (χ1) is 10.3. The van der Waals surface area contributed by atoms with E-state index in [9.17, 15) is 0 Å². The molecule has 0 saturated heterocycles. The summed E-state index contributed by atoms with van der Waals surface area (Å²) in [6.45, 7) is 2.17. The molecule has 1 nitrogen and oxygen atoms in total. The van der Waals surface area contributed by atoms with Crippen LogP contribution in [0.15, 0.2) is 53.9 Å². The Morgan fingerprint density at radius 1 is 1.05 bits per heavy atom. The third-order valence-electron chi connectivity index (χ3n) is 3.38. The summed E-state index contributed by atoms with van der Waals surface area (Å²) in [7, 11) is 0. The zero-order valence-electron chi connectivity index (χ0n) is 11.7. The molecule has 0 bridgehead atoms. The second-order valence-corrected chi connectivity index (χ2v) is 7.51. The van der Waals surface area contributed by atoms with Crippen molar-refractivity contribution in [2.24, 2.45) is 0 Å². The molecule has 2 heterocycles. The van der Waals surface area contributed by atoms with Gasteiger partial charge in [-0.3, -0.25) is 0 Å². The van der Waals surface area contributed by atoms with Crippen LogP contribution in [0, 0.1) is 0 Å². The largest absolute Gasteiger partial charge is 0.373 e. The van der Waals surface area contributed by atoms with Gasteiger partial charge in [-0.2, -0.15) is 0 Å². The predicted molar refractivity (Wildman–Crippen MR) is 94.9 cm³/mol. The van der Waals surface area contributed by atoms with Crippen LogP contribution in [0.5, 0.6) is 0 Å². The monoisotopic (exact) mass is 333 g/mol. The summed E-state index contributed by atoms with van der Waals surface area (Å²) in [6, 6.07) is 17.1. The molecule has 1 unspecified atom stereocenters. The van der Waals surface area contributed by atoms with E-state index in [1.54, 1.807) is 22.7 Å². The molecular formula is C17H16ClNS2. The Bertz CT molecular complexity index is 686. The van der Waals surface area contributed by atoms with Crippen LogP contribution in [-0.4, -0.2) is 0 Å². The quantitative estimate of drug-likeness (QED) is 0.583. The molecule has 0 radical (unpaired) electrons. The smallest absolute Gasteiger partial charge is 0.0954 e. The SMILES string of the molecule is CCc1ccc(NC(c2cccs2)c2ccc(Cl)s2)cc1. The summed E-state index contributed by atoms with van der Waals surface area (Å²) in [5.74, 6) is 0. The Morgan fingerprint density at radius 3 is 2.43 bits per heavy atom. The van der Waals surface area contributed by atoms with Crippen LogP contribution in [0.2, 0.25) is 4.34 Å². The molecule has 0 aliphatic carbocycles. The lowest BCUT2D eigenvalue weighted by Crippen LogP contribution is -2.09. The van der Waals surface area contributed by atoms with Crippen molar-refractivity contribution in [3.63, 3.8) is 0 Å². The van der Waals surface area contributed by atoms with E-state index in [0.29, 0.717) is 0 Å². The van der Waals surface area contributed by atoms with Gasteiger partial charge in [0.2, 0.25) is 0 Å². The van der Waals surface area contributed by atoms with E-state index in [1.807, 2.05) is 6.07 Å². The van der Waals surface area contributed by atoms with E-state index >= 15 is 0 Å². The van der Waals surface area contributed by atoms with Crippen LogP contribution < -0.4 is 5.32 Å². The molecule has 1 atom stereocenters. The summed E-state index contributed by atoms with van der Waals surface area (Å²) in [4.78, 5) is 2.54. The Hall–Kier alpha value is -1.29. The van der Waals surface area contributed by atoms with E-state index in [2.05, 4.69) is 60.1 Å². The Balaban J connectivity index is 1.88. The van der Waals surface area contributed by atoms with Gasteiger partial charge in [-0.05, 0) is 47.7 Å². The Labute approximate surface area is 138 Å². The van der Waals surface area contributed by atoms with Crippen molar-refractivity contribution in [3.8, 4) is 0 Å². The molecule has 108 valence electrons. The van der Waals surface area contributed by atoms with E-state index in [0.717, 1.165) is 16.4 Å². The minimum absolute atomic E-state index is 0.162.